The van der Waals surface area contributed by atoms with Crippen LogP contribution in [0.1, 0.15) is 16.8 Å². The van der Waals surface area contributed by atoms with E-state index in [1.165, 1.54) is 19.2 Å². The Morgan fingerprint density at radius 3 is 2.74 bits per heavy atom. The molecule has 1 aromatic rings. The highest BCUT2D eigenvalue weighted by Crippen LogP contribution is 2.19. The van der Waals surface area contributed by atoms with Gasteiger partial charge in [-0.15, -0.1) is 0 Å². The first-order valence-corrected chi connectivity index (χ1v) is 7.39. The van der Waals surface area contributed by atoms with Gasteiger partial charge in [0.15, 0.2) is 17.3 Å². The third kappa shape index (κ3) is 2.93. The highest BCUT2D eigenvalue weighted by Gasteiger charge is 2.30. The van der Waals surface area contributed by atoms with Crippen molar-refractivity contribution >= 4 is 15.8 Å². The Morgan fingerprint density at radius 1 is 1.47 bits per heavy atom. The lowest BCUT2D eigenvalue weighted by molar-refractivity contribution is 0.0968. The number of hydrogen-bond acceptors (Lipinski definition) is 4. The second-order valence-corrected chi connectivity index (χ2v) is 6.36. The molecule has 0 amide bonds. The van der Waals surface area contributed by atoms with Crippen molar-refractivity contribution in [3.8, 4) is 5.75 Å². The molecule has 0 spiro atoms. The zero-order valence-corrected chi connectivity index (χ0v) is 11.2. The van der Waals surface area contributed by atoms with Crippen molar-refractivity contribution < 1.29 is 22.3 Å². The van der Waals surface area contributed by atoms with E-state index in [-0.39, 0.29) is 23.6 Å². The first kappa shape index (κ1) is 14.0. The van der Waals surface area contributed by atoms with Crippen molar-refractivity contribution in [3.63, 3.8) is 0 Å². The van der Waals surface area contributed by atoms with Gasteiger partial charge in [0.25, 0.3) is 0 Å². The molecule has 0 radical (unpaired) electrons. The van der Waals surface area contributed by atoms with Gasteiger partial charge >= 0.3 is 0 Å². The standard InChI is InChI=1S/C12H14FNO4S/c1-18-12-4-3-9(7-10(12)13)11(15)8-14-5-2-6-19(14,16)17/h3-4,7H,2,5-6,8H2,1H3. The fraction of sp³-hybridized carbons (Fsp3) is 0.417. The van der Waals surface area contributed by atoms with Gasteiger partial charge in [0.1, 0.15) is 0 Å². The van der Waals surface area contributed by atoms with Gasteiger partial charge in [-0.2, -0.15) is 4.31 Å². The molecule has 2 rings (SSSR count). The molecule has 0 saturated carbocycles. The van der Waals surface area contributed by atoms with Crippen LogP contribution in [0.25, 0.3) is 0 Å². The van der Waals surface area contributed by atoms with E-state index in [2.05, 4.69) is 0 Å². The summed E-state index contributed by atoms with van der Waals surface area (Å²) in [5, 5.41) is 0. The maximum Gasteiger partial charge on any atom is 0.214 e. The number of ether oxygens (including phenoxy) is 1. The molecule has 7 heteroatoms. The number of hydrogen-bond donors (Lipinski definition) is 0. The van der Waals surface area contributed by atoms with E-state index < -0.39 is 21.6 Å². The zero-order chi connectivity index (χ0) is 14.0. The Labute approximate surface area is 111 Å². The average Bonchev–Trinajstić information content (AvgIpc) is 2.68. The summed E-state index contributed by atoms with van der Waals surface area (Å²) in [4.78, 5) is 11.9. The number of ketones is 1. The summed E-state index contributed by atoms with van der Waals surface area (Å²) in [5.74, 6) is -0.952. The van der Waals surface area contributed by atoms with Crippen LogP contribution in [0.5, 0.6) is 5.75 Å². The molecule has 0 atom stereocenters. The second-order valence-electron chi connectivity index (χ2n) is 4.28. The predicted octanol–water partition coefficient (Wildman–Crippen LogP) is 1.05. The van der Waals surface area contributed by atoms with E-state index in [1.54, 1.807) is 0 Å². The van der Waals surface area contributed by atoms with E-state index in [9.17, 15) is 17.6 Å². The monoisotopic (exact) mass is 287 g/mol. The normalized spacial score (nSPS) is 18.4. The Bertz CT molecular complexity index is 600. The van der Waals surface area contributed by atoms with Crippen LogP contribution in [0.3, 0.4) is 0 Å². The number of benzene rings is 1. The number of carbonyl (C=O) groups is 1. The zero-order valence-electron chi connectivity index (χ0n) is 10.4. The minimum absolute atomic E-state index is 0.0466. The number of carbonyl (C=O) groups excluding carboxylic acids is 1. The summed E-state index contributed by atoms with van der Waals surface area (Å²) in [6.07, 6.45) is 0.520. The number of halogens is 1. The highest BCUT2D eigenvalue weighted by atomic mass is 32.2. The van der Waals surface area contributed by atoms with Crippen LogP contribution in [0.4, 0.5) is 4.39 Å². The lowest BCUT2D eigenvalue weighted by Gasteiger charge is -2.13. The second kappa shape index (κ2) is 5.26. The summed E-state index contributed by atoms with van der Waals surface area (Å²) in [6, 6.07) is 3.83. The van der Waals surface area contributed by atoms with E-state index in [0.717, 1.165) is 10.4 Å². The molecule has 104 valence electrons. The molecule has 1 fully saturated rings. The molecule has 0 N–H and O–H groups in total. The molecule has 1 aliphatic rings. The quantitative estimate of drug-likeness (QED) is 0.777. The summed E-state index contributed by atoms with van der Waals surface area (Å²) in [5.41, 5.74) is 0.139. The first-order chi connectivity index (χ1) is 8.94. The first-order valence-electron chi connectivity index (χ1n) is 5.78. The molecule has 0 aliphatic carbocycles. The van der Waals surface area contributed by atoms with Crippen molar-refractivity contribution in [2.45, 2.75) is 6.42 Å². The summed E-state index contributed by atoms with van der Waals surface area (Å²) in [7, 11) is -1.99. The maximum absolute atomic E-state index is 13.5. The van der Waals surface area contributed by atoms with E-state index in [0.29, 0.717) is 13.0 Å². The van der Waals surface area contributed by atoms with Gasteiger partial charge in [0.2, 0.25) is 10.0 Å². The third-order valence-corrected chi connectivity index (χ3v) is 4.90. The molecule has 1 aliphatic heterocycles. The number of rotatable bonds is 4. The smallest absolute Gasteiger partial charge is 0.214 e. The minimum atomic E-state index is -3.32. The number of sulfonamides is 1. The topological polar surface area (TPSA) is 63.7 Å². The Morgan fingerprint density at radius 2 is 2.21 bits per heavy atom. The summed E-state index contributed by atoms with van der Waals surface area (Å²) >= 11 is 0. The van der Waals surface area contributed by atoms with Gasteiger partial charge in [-0.05, 0) is 24.6 Å². The van der Waals surface area contributed by atoms with Crippen molar-refractivity contribution in [2.24, 2.45) is 0 Å². The SMILES string of the molecule is COc1ccc(C(=O)CN2CCCS2(=O)=O)cc1F. The van der Waals surface area contributed by atoms with Crippen LogP contribution in [0.15, 0.2) is 18.2 Å². The fourth-order valence-electron chi connectivity index (χ4n) is 1.96. The summed E-state index contributed by atoms with van der Waals surface area (Å²) in [6.45, 7) is 0.0980. The third-order valence-electron chi connectivity index (χ3n) is 3.00. The van der Waals surface area contributed by atoms with Crippen LogP contribution in [0, 0.1) is 5.82 Å². The molecule has 0 unspecified atom stereocenters. The maximum atomic E-state index is 13.5. The van der Waals surface area contributed by atoms with Gasteiger partial charge in [0.05, 0.1) is 19.4 Å². The van der Waals surface area contributed by atoms with Gasteiger partial charge in [-0.25, -0.2) is 12.8 Å². The van der Waals surface area contributed by atoms with E-state index in [1.807, 2.05) is 0 Å². The van der Waals surface area contributed by atoms with Gasteiger partial charge in [-0.3, -0.25) is 4.79 Å². The van der Waals surface area contributed by atoms with Gasteiger partial charge in [-0.1, -0.05) is 0 Å². The highest BCUT2D eigenvalue weighted by molar-refractivity contribution is 7.89. The van der Waals surface area contributed by atoms with Crippen molar-refractivity contribution in [2.75, 3.05) is 26.0 Å². The lowest BCUT2D eigenvalue weighted by Crippen LogP contribution is -2.31. The van der Waals surface area contributed by atoms with Crippen LogP contribution >= 0.6 is 0 Å². The van der Waals surface area contributed by atoms with Crippen molar-refractivity contribution in [3.05, 3.63) is 29.6 Å². The van der Waals surface area contributed by atoms with Crippen LogP contribution < -0.4 is 4.74 Å². The molecule has 0 bridgehead atoms. The fourth-order valence-corrected chi connectivity index (χ4v) is 3.43. The number of methoxy groups -OCH3 is 1. The molecule has 5 nitrogen and oxygen atoms in total. The molecule has 1 aromatic carbocycles. The molecule has 1 saturated heterocycles. The molecule has 19 heavy (non-hydrogen) atoms. The van der Waals surface area contributed by atoms with Gasteiger partial charge in [0, 0.05) is 12.1 Å². The van der Waals surface area contributed by atoms with Gasteiger partial charge < -0.3 is 4.74 Å². The molecular formula is C12H14FNO4S. The Balaban J connectivity index is 2.14. The van der Waals surface area contributed by atoms with E-state index in [4.69, 9.17) is 4.74 Å². The summed E-state index contributed by atoms with van der Waals surface area (Å²) < 4.78 is 42.5. The van der Waals surface area contributed by atoms with E-state index >= 15 is 0 Å². The largest absolute Gasteiger partial charge is 0.494 e. The molecular weight excluding hydrogens is 273 g/mol. The lowest BCUT2D eigenvalue weighted by atomic mass is 10.1. The Hall–Kier alpha value is -1.47. The molecule has 0 aromatic heterocycles. The van der Waals surface area contributed by atoms with Crippen molar-refractivity contribution in [1.82, 2.24) is 4.31 Å². The number of nitrogens with zero attached hydrogens (tertiary/aromatic N) is 1. The average molecular weight is 287 g/mol. The van der Waals surface area contributed by atoms with Crippen LogP contribution in [-0.2, 0) is 10.0 Å². The van der Waals surface area contributed by atoms with Crippen LogP contribution in [0.2, 0.25) is 0 Å². The van der Waals surface area contributed by atoms with Crippen LogP contribution in [-0.4, -0.2) is 44.5 Å². The number of Topliss-reactive ketones (excluding diaryl/α,β-unsaturated/α-hetero) is 1. The molecule has 1 heterocycles. The van der Waals surface area contributed by atoms with Crippen molar-refractivity contribution in [1.29, 1.82) is 0 Å². The Kier molecular flexibility index (Phi) is 3.86. The minimum Gasteiger partial charge on any atom is -0.494 e. The predicted molar refractivity (Wildman–Crippen MR) is 67.3 cm³/mol.